The second kappa shape index (κ2) is 4.70. The topological polar surface area (TPSA) is 49.4 Å². The van der Waals surface area contributed by atoms with Gasteiger partial charge in [-0.25, -0.2) is 4.79 Å². The van der Waals surface area contributed by atoms with Crippen LogP contribution in [0.3, 0.4) is 0 Å². The number of amides is 3. The molecule has 4 nitrogen and oxygen atoms in total. The zero-order valence-electron chi connectivity index (χ0n) is 12.1. The molecule has 0 saturated carbocycles. The summed E-state index contributed by atoms with van der Waals surface area (Å²) in [6.07, 6.45) is 1.46. The Hall–Kier alpha value is -2.62. The van der Waals surface area contributed by atoms with Gasteiger partial charge in [0.25, 0.3) is 5.91 Å². The van der Waals surface area contributed by atoms with Crippen LogP contribution in [0, 0.1) is 0 Å². The Bertz CT molecular complexity index is 757. The number of imide groups is 1. The molecule has 4 rings (SSSR count). The third-order valence-corrected chi connectivity index (χ3v) is 4.61. The molecule has 110 valence electrons. The molecule has 1 atom stereocenters. The molecule has 1 saturated heterocycles. The number of hydrogen-bond donors (Lipinski definition) is 1. The molecule has 1 unspecified atom stereocenters. The second-order valence-corrected chi connectivity index (χ2v) is 5.87. The number of hydrogen-bond acceptors (Lipinski definition) is 2. The van der Waals surface area contributed by atoms with Crippen molar-refractivity contribution in [2.24, 2.45) is 0 Å². The summed E-state index contributed by atoms with van der Waals surface area (Å²) < 4.78 is 0. The average Bonchev–Trinajstić information content (AvgIpc) is 3.03. The molecule has 2 aromatic carbocycles. The van der Waals surface area contributed by atoms with Gasteiger partial charge in [-0.15, -0.1) is 0 Å². The lowest BCUT2D eigenvalue weighted by Gasteiger charge is -2.22. The SMILES string of the molecule is O=C1NC2(CCc3ccccc32)C(=O)N1Cc1ccccc1. The van der Waals surface area contributed by atoms with Gasteiger partial charge in [-0.2, -0.15) is 0 Å². The van der Waals surface area contributed by atoms with Crippen molar-refractivity contribution in [3.8, 4) is 0 Å². The van der Waals surface area contributed by atoms with Gasteiger partial charge in [0.05, 0.1) is 6.54 Å². The van der Waals surface area contributed by atoms with Crippen LogP contribution >= 0.6 is 0 Å². The van der Waals surface area contributed by atoms with Gasteiger partial charge >= 0.3 is 6.03 Å². The number of nitrogens with zero attached hydrogens (tertiary/aromatic N) is 1. The molecule has 22 heavy (non-hydrogen) atoms. The van der Waals surface area contributed by atoms with E-state index in [2.05, 4.69) is 5.32 Å². The summed E-state index contributed by atoms with van der Waals surface area (Å²) in [5.41, 5.74) is 2.19. The maximum Gasteiger partial charge on any atom is 0.325 e. The third-order valence-electron chi connectivity index (χ3n) is 4.61. The van der Waals surface area contributed by atoms with Gasteiger partial charge < -0.3 is 5.32 Å². The van der Waals surface area contributed by atoms with Crippen LogP contribution in [0.5, 0.6) is 0 Å². The minimum atomic E-state index is -0.859. The molecule has 1 spiro atoms. The van der Waals surface area contributed by atoms with Crippen LogP contribution in [-0.2, 0) is 23.3 Å². The summed E-state index contributed by atoms with van der Waals surface area (Å²) in [7, 11) is 0. The van der Waals surface area contributed by atoms with E-state index in [-0.39, 0.29) is 11.9 Å². The summed E-state index contributed by atoms with van der Waals surface area (Å²) in [6.45, 7) is 0.315. The van der Waals surface area contributed by atoms with Crippen LogP contribution in [-0.4, -0.2) is 16.8 Å². The fraction of sp³-hybridized carbons (Fsp3) is 0.222. The number of carbonyl (C=O) groups is 2. The van der Waals surface area contributed by atoms with Gasteiger partial charge in [0.1, 0.15) is 5.54 Å². The minimum Gasteiger partial charge on any atom is -0.319 e. The lowest BCUT2D eigenvalue weighted by Crippen LogP contribution is -2.41. The number of benzene rings is 2. The molecular formula is C18H16N2O2. The van der Waals surface area contributed by atoms with E-state index >= 15 is 0 Å². The first-order valence-electron chi connectivity index (χ1n) is 7.47. The maximum atomic E-state index is 12.9. The Kier molecular flexibility index (Phi) is 2.79. The fourth-order valence-corrected chi connectivity index (χ4v) is 3.50. The van der Waals surface area contributed by atoms with Crippen molar-refractivity contribution in [1.29, 1.82) is 0 Å². The molecule has 0 radical (unpaired) electrons. The molecule has 0 aromatic heterocycles. The molecule has 1 fully saturated rings. The number of fused-ring (bicyclic) bond motifs is 2. The number of rotatable bonds is 2. The summed E-state index contributed by atoms with van der Waals surface area (Å²) in [6, 6.07) is 17.2. The lowest BCUT2D eigenvalue weighted by atomic mass is 9.92. The van der Waals surface area contributed by atoms with Crippen molar-refractivity contribution in [3.05, 3.63) is 71.3 Å². The number of carbonyl (C=O) groups excluding carboxylic acids is 2. The van der Waals surface area contributed by atoms with Crippen LogP contribution < -0.4 is 5.32 Å². The van der Waals surface area contributed by atoms with E-state index in [1.165, 1.54) is 4.90 Å². The van der Waals surface area contributed by atoms with Crippen LogP contribution in [0.2, 0.25) is 0 Å². The maximum absolute atomic E-state index is 12.9. The summed E-state index contributed by atoms with van der Waals surface area (Å²) >= 11 is 0. The van der Waals surface area contributed by atoms with Crippen LogP contribution in [0.25, 0.3) is 0 Å². The van der Waals surface area contributed by atoms with Gasteiger partial charge in [-0.3, -0.25) is 9.69 Å². The summed E-state index contributed by atoms with van der Waals surface area (Å²) in [4.78, 5) is 26.6. The van der Waals surface area contributed by atoms with Crippen molar-refractivity contribution in [1.82, 2.24) is 10.2 Å². The minimum absolute atomic E-state index is 0.133. The molecule has 2 aliphatic rings. The number of nitrogens with one attached hydrogen (secondary N) is 1. The van der Waals surface area contributed by atoms with E-state index in [1.807, 2.05) is 54.6 Å². The fourth-order valence-electron chi connectivity index (χ4n) is 3.50. The number of aryl methyl sites for hydroxylation is 1. The van der Waals surface area contributed by atoms with Gasteiger partial charge in [-0.1, -0.05) is 54.6 Å². The van der Waals surface area contributed by atoms with Gasteiger partial charge in [0.2, 0.25) is 0 Å². The highest BCUT2D eigenvalue weighted by Gasteiger charge is 2.55. The zero-order chi connectivity index (χ0) is 15.2. The molecule has 1 aliphatic carbocycles. The van der Waals surface area contributed by atoms with E-state index in [0.29, 0.717) is 13.0 Å². The highest BCUT2D eigenvalue weighted by atomic mass is 16.2. The summed E-state index contributed by atoms with van der Waals surface area (Å²) in [5.74, 6) is -0.133. The van der Waals surface area contributed by atoms with E-state index in [0.717, 1.165) is 23.1 Å². The third kappa shape index (κ3) is 1.77. The first-order valence-corrected chi connectivity index (χ1v) is 7.47. The van der Waals surface area contributed by atoms with E-state index in [1.54, 1.807) is 0 Å². The van der Waals surface area contributed by atoms with Crippen LogP contribution in [0.15, 0.2) is 54.6 Å². The van der Waals surface area contributed by atoms with Gasteiger partial charge in [0, 0.05) is 0 Å². The van der Waals surface area contributed by atoms with Crippen molar-refractivity contribution < 1.29 is 9.59 Å². The van der Waals surface area contributed by atoms with Crippen molar-refractivity contribution in [2.75, 3.05) is 0 Å². The Morgan fingerprint density at radius 2 is 1.73 bits per heavy atom. The zero-order valence-corrected chi connectivity index (χ0v) is 12.1. The van der Waals surface area contributed by atoms with Crippen molar-refractivity contribution >= 4 is 11.9 Å². The number of urea groups is 1. The smallest absolute Gasteiger partial charge is 0.319 e. The first-order chi connectivity index (χ1) is 10.7. The molecule has 4 heteroatoms. The average molecular weight is 292 g/mol. The van der Waals surface area contributed by atoms with Crippen molar-refractivity contribution in [3.63, 3.8) is 0 Å². The molecule has 1 aliphatic heterocycles. The standard InChI is InChI=1S/C18H16N2O2/c21-16-18(11-10-14-8-4-5-9-15(14)18)19-17(22)20(16)12-13-6-2-1-3-7-13/h1-9H,10-12H2,(H,19,22). The Morgan fingerprint density at radius 1 is 1.00 bits per heavy atom. The normalized spacial score (nSPS) is 23.0. The van der Waals surface area contributed by atoms with E-state index in [4.69, 9.17) is 0 Å². The van der Waals surface area contributed by atoms with Crippen molar-refractivity contribution in [2.45, 2.75) is 24.9 Å². The predicted molar refractivity (Wildman–Crippen MR) is 82.0 cm³/mol. The highest BCUT2D eigenvalue weighted by molar-refractivity contribution is 6.08. The Balaban J connectivity index is 1.69. The Morgan fingerprint density at radius 3 is 2.55 bits per heavy atom. The highest BCUT2D eigenvalue weighted by Crippen LogP contribution is 2.41. The monoisotopic (exact) mass is 292 g/mol. The van der Waals surface area contributed by atoms with Crippen LogP contribution in [0.4, 0.5) is 4.79 Å². The summed E-state index contributed by atoms with van der Waals surface area (Å²) in [5, 5.41) is 2.94. The van der Waals surface area contributed by atoms with E-state index < -0.39 is 5.54 Å². The molecule has 1 N–H and O–H groups in total. The van der Waals surface area contributed by atoms with Crippen LogP contribution in [0.1, 0.15) is 23.1 Å². The second-order valence-electron chi connectivity index (χ2n) is 5.87. The first kappa shape index (κ1) is 13.1. The molecule has 1 heterocycles. The molecule has 2 aromatic rings. The molecular weight excluding hydrogens is 276 g/mol. The van der Waals surface area contributed by atoms with E-state index in [9.17, 15) is 9.59 Å². The van der Waals surface area contributed by atoms with Gasteiger partial charge in [0.15, 0.2) is 0 Å². The molecule has 0 bridgehead atoms. The Labute approximate surface area is 128 Å². The van der Waals surface area contributed by atoms with Gasteiger partial charge in [-0.05, 0) is 29.5 Å². The lowest BCUT2D eigenvalue weighted by molar-refractivity contribution is -0.132. The quantitative estimate of drug-likeness (QED) is 0.865. The largest absolute Gasteiger partial charge is 0.325 e. The molecule has 3 amide bonds. The predicted octanol–water partition coefficient (Wildman–Crippen LogP) is 2.58.